The summed E-state index contributed by atoms with van der Waals surface area (Å²) < 4.78 is 0.894. The predicted molar refractivity (Wildman–Crippen MR) is 60.7 cm³/mol. The van der Waals surface area contributed by atoms with Crippen LogP contribution in [0.25, 0.3) is 10.2 Å². The molecule has 2 aromatic rings. The second-order valence-electron chi connectivity index (χ2n) is 3.04. The zero-order valence-corrected chi connectivity index (χ0v) is 8.97. The second-order valence-corrected chi connectivity index (χ2v) is 4.07. The van der Waals surface area contributed by atoms with Crippen molar-refractivity contribution in [3.05, 3.63) is 23.8 Å². The van der Waals surface area contributed by atoms with E-state index in [1.807, 2.05) is 6.92 Å². The fraction of sp³-hybridized carbons (Fsp3) is 0.200. The molecule has 0 radical (unpaired) electrons. The standard InChI is InChI=1S/C10H10N2O2S/c1-2-11-10-12-7-4-3-6(9(13)14)5-8(7)15-10/h3-5H,2H2,1H3,(H,11,12)(H,13,14). The summed E-state index contributed by atoms with van der Waals surface area (Å²) in [5, 5.41) is 12.8. The molecule has 0 atom stereocenters. The molecular formula is C10H10N2O2S. The van der Waals surface area contributed by atoms with Crippen molar-refractivity contribution in [2.45, 2.75) is 6.92 Å². The van der Waals surface area contributed by atoms with Crippen LogP contribution in [0.1, 0.15) is 17.3 Å². The van der Waals surface area contributed by atoms with Gasteiger partial charge in [0.2, 0.25) is 0 Å². The number of carboxylic acids is 1. The molecule has 15 heavy (non-hydrogen) atoms. The molecule has 1 aromatic carbocycles. The smallest absolute Gasteiger partial charge is 0.335 e. The highest BCUT2D eigenvalue weighted by atomic mass is 32.1. The molecule has 0 aliphatic rings. The van der Waals surface area contributed by atoms with Crippen LogP contribution in [0.15, 0.2) is 18.2 Å². The van der Waals surface area contributed by atoms with Crippen molar-refractivity contribution < 1.29 is 9.90 Å². The number of thiazole rings is 1. The molecular weight excluding hydrogens is 212 g/mol. The number of carbonyl (C=O) groups is 1. The van der Waals surface area contributed by atoms with Gasteiger partial charge in [0.25, 0.3) is 0 Å². The lowest BCUT2D eigenvalue weighted by Crippen LogP contribution is -1.94. The highest BCUT2D eigenvalue weighted by Crippen LogP contribution is 2.26. The van der Waals surface area contributed by atoms with Crippen molar-refractivity contribution in [2.75, 3.05) is 11.9 Å². The van der Waals surface area contributed by atoms with E-state index >= 15 is 0 Å². The van der Waals surface area contributed by atoms with Crippen molar-refractivity contribution in [3.63, 3.8) is 0 Å². The molecule has 0 bridgehead atoms. The van der Waals surface area contributed by atoms with Crippen molar-refractivity contribution in [3.8, 4) is 0 Å². The topological polar surface area (TPSA) is 62.2 Å². The van der Waals surface area contributed by atoms with Gasteiger partial charge in [-0.25, -0.2) is 9.78 Å². The van der Waals surface area contributed by atoms with Crippen LogP contribution < -0.4 is 5.32 Å². The summed E-state index contributed by atoms with van der Waals surface area (Å²) in [5.41, 5.74) is 1.13. The third kappa shape index (κ3) is 1.92. The van der Waals surface area contributed by atoms with Gasteiger partial charge in [0, 0.05) is 6.54 Å². The Labute approximate surface area is 90.6 Å². The van der Waals surface area contributed by atoms with Crippen LogP contribution in [0, 0.1) is 0 Å². The Morgan fingerprint density at radius 1 is 1.60 bits per heavy atom. The normalized spacial score (nSPS) is 10.5. The Hall–Kier alpha value is -1.62. The quantitative estimate of drug-likeness (QED) is 0.837. The molecule has 0 saturated carbocycles. The summed E-state index contributed by atoms with van der Waals surface area (Å²) >= 11 is 1.47. The molecule has 0 aliphatic heterocycles. The Morgan fingerprint density at radius 2 is 2.40 bits per heavy atom. The third-order valence-corrected chi connectivity index (χ3v) is 2.94. The van der Waals surface area contributed by atoms with Gasteiger partial charge in [0.1, 0.15) is 0 Å². The molecule has 0 spiro atoms. The van der Waals surface area contributed by atoms with Gasteiger partial charge in [0.15, 0.2) is 5.13 Å². The van der Waals surface area contributed by atoms with Gasteiger partial charge in [0.05, 0.1) is 15.8 Å². The van der Waals surface area contributed by atoms with Gasteiger partial charge in [-0.05, 0) is 25.1 Å². The van der Waals surface area contributed by atoms with E-state index in [0.29, 0.717) is 5.56 Å². The fourth-order valence-corrected chi connectivity index (χ4v) is 2.26. The Kier molecular flexibility index (Phi) is 2.55. The minimum absolute atomic E-state index is 0.300. The van der Waals surface area contributed by atoms with E-state index in [2.05, 4.69) is 10.3 Å². The van der Waals surface area contributed by atoms with Crippen LogP contribution in [-0.4, -0.2) is 22.6 Å². The number of fused-ring (bicyclic) bond motifs is 1. The minimum Gasteiger partial charge on any atom is -0.478 e. The maximum Gasteiger partial charge on any atom is 0.335 e. The number of aromatic carboxylic acids is 1. The lowest BCUT2D eigenvalue weighted by atomic mass is 10.2. The van der Waals surface area contributed by atoms with Gasteiger partial charge in [-0.3, -0.25) is 0 Å². The summed E-state index contributed by atoms with van der Waals surface area (Å²) in [6, 6.07) is 4.95. The first-order valence-corrected chi connectivity index (χ1v) is 5.40. The number of hydrogen-bond acceptors (Lipinski definition) is 4. The average molecular weight is 222 g/mol. The maximum atomic E-state index is 10.7. The predicted octanol–water partition coefficient (Wildman–Crippen LogP) is 2.43. The van der Waals surface area contributed by atoms with Crippen LogP contribution in [0.3, 0.4) is 0 Å². The Bertz CT molecular complexity index is 507. The Morgan fingerprint density at radius 3 is 3.07 bits per heavy atom. The molecule has 0 fully saturated rings. The lowest BCUT2D eigenvalue weighted by molar-refractivity contribution is 0.0697. The third-order valence-electron chi connectivity index (χ3n) is 1.96. The molecule has 2 rings (SSSR count). The minimum atomic E-state index is -0.907. The highest BCUT2D eigenvalue weighted by molar-refractivity contribution is 7.22. The summed E-state index contributed by atoms with van der Waals surface area (Å²) in [5.74, 6) is -0.907. The first kappa shape index (κ1) is 9.92. The van der Waals surface area contributed by atoms with E-state index in [0.717, 1.165) is 21.9 Å². The van der Waals surface area contributed by atoms with E-state index < -0.39 is 5.97 Å². The van der Waals surface area contributed by atoms with E-state index in [1.165, 1.54) is 11.3 Å². The molecule has 1 aromatic heterocycles. The number of nitrogens with one attached hydrogen (secondary N) is 1. The van der Waals surface area contributed by atoms with Gasteiger partial charge in [-0.1, -0.05) is 11.3 Å². The number of nitrogens with zero attached hydrogens (tertiary/aromatic N) is 1. The molecule has 1 heterocycles. The van der Waals surface area contributed by atoms with Crippen LogP contribution in [0.2, 0.25) is 0 Å². The van der Waals surface area contributed by atoms with Crippen LogP contribution in [0.5, 0.6) is 0 Å². The number of carboxylic acid groups (broad SMARTS) is 1. The fourth-order valence-electron chi connectivity index (χ4n) is 1.28. The van der Waals surface area contributed by atoms with Crippen molar-refractivity contribution in [2.24, 2.45) is 0 Å². The number of anilines is 1. The number of aromatic nitrogens is 1. The number of benzene rings is 1. The van der Waals surface area contributed by atoms with Gasteiger partial charge in [-0.15, -0.1) is 0 Å². The van der Waals surface area contributed by atoms with E-state index in [1.54, 1.807) is 18.2 Å². The van der Waals surface area contributed by atoms with Crippen LogP contribution in [0.4, 0.5) is 5.13 Å². The van der Waals surface area contributed by atoms with E-state index in [4.69, 9.17) is 5.11 Å². The lowest BCUT2D eigenvalue weighted by Gasteiger charge is -1.91. The molecule has 5 heteroatoms. The Balaban J connectivity index is 2.47. The zero-order valence-electron chi connectivity index (χ0n) is 8.15. The SMILES string of the molecule is CCNc1nc2ccc(C(=O)O)cc2s1. The first-order chi connectivity index (χ1) is 7.20. The van der Waals surface area contributed by atoms with Gasteiger partial charge >= 0.3 is 5.97 Å². The monoisotopic (exact) mass is 222 g/mol. The van der Waals surface area contributed by atoms with Crippen molar-refractivity contribution in [1.82, 2.24) is 4.98 Å². The van der Waals surface area contributed by atoms with Crippen LogP contribution >= 0.6 is 11.3 Å². The highest BCUT2D eigenvalue weighted by Gasteiger charge is 2.07. The largest absolute Gasteiger partial charge is 0.478 e. The maximum absolute atomic E-state index is 10.7. The molecule has 0 aliphatic carbocycles. The molecule has 4 nitrogen and oxygen atoms in total. The van der Waals surface area contributed by atoms with E-state index in [-0.39, 0.29) is 0 Å². The second kappa shape index (κ2) is 3.86. The first-order valence-electron chi connectivity index (χ1n) is 4.58. The number of rotatable bonds is 3. The summed E-state index contributed by atoms with van der Waals surface area (Å²) in [6.45, 7) is 2.81. The summed E-state index contributed by atoms with van der Waals surface area (Å²) in [7, 11) is 0. The molecule has 0 amide bonds. The average Bonchev–Trinajstić information content (AvgIpc) is 2.59. The number of hydrogen-bond donors (Lipinski definition) is 2. The molecule has 0 saturated heterocycles. The molecule has 2 N–H and O–H groups in total. The van der Waals surface area contributed by atoms with Gasteiger partial charge < -0.3 is 10.4 Å². The summed E-state index contributed by atoms with van der Waals surface area (Å²) in [4.78, 5) is 15.1. The van der Waals surface area contributed by atoms with Crippen LogP contribution in [-0.2, 0) is 0 Å². The van der Waals surface area contributed by atoms with Crippen molar-refractivity contribution in [1.29, 1.82) is 0 Å². The van der Waals surface area contributed by atoms with E-state index in [9.17, 15) is 4.79 Å². The van der Waals surface area contributed by atoms with Crippen molar-refractivity contribution >= 4 is 32.7 Å². The van der Waals surface area contributed by atoms with Gasteiger partial charge in [-0.2, -0.15) is 0 Å². The molecule has 78 valence electrons. The zero-order chi connectivity index (χ0) is 10.8. The summed E-state index contributed by atoms with van der Waals surface area (Å²) in [6.07, 6.45) is 0. The molecule has 0 unspecified atom stereocenters.